The molecular weight excluding hydrogens is 456 g/mol. The Morgan fingerprint density at radius 1 is 1.24 bits per heavy atom. The second kappa shape index (κ2) is 9.65. The molecule has 0 radical (unpaired) electrons. The summed E-state index contributed by atoms with van der Waals surface area (Å²) in [6.45, 7) is 0.315. The number of rotatable bonds is 5. The van der Waals surface area contributed by atoms with Gasteiger partial charge in [0.05, 0.1) is 35.7 Å². The van der Waals surface area contributed by atoms with Crippen LogP contribution in [0.4, 0.5) is 20.2 Å². The van der Waals surface area contributed by atoms with Crippen molar-refractivity contribution in [3.8, 4) is 0 Å². The van der Waals surface area contributed by atoms with Gasteiger partial charge in [-0.25, -0.2) is 24.0 Å². The van der Waals surface area contributed by atoms with Crippen LogP contribution in [0.15, 0.2) is 47.5 Å². The second-order valence-corrected chi connectivity index (χ2v) is 8.08. The second-order valence-electron chi connectivity index (χ2n) is 7.13. The summed E-state index contributed by atoms with van der Waals surface area (Å²) in [5, 5.41) is 2.79. The summed E-state index contributed by atoms with van der Waals surface area (Å²) >= 11 is 0.953. The Balaban J connectivity index is 1.54. The Hall–Kier alpha value is -3.35. The molecule has 0 aromatic heterocycles. The van der Waals surface area contributed by atoms with E-state index in [-0.39, 0.29) is 33.8 Å². The first-order chi connectivity index (χ1) is 15.9. The van der Waals surface area contributed by atoms with Crippen LogP contribution in [0.25, 0.3) is 0 Å². The standard InChI is InChI=1S/C21H19F2N5O4S/c1-32-20(31)12-4-2-3-5-16(12)25-17(29)10-33-21-26-18-13(9-24-27-18)19(30)28(21)11-6-7-14(22)15(23)8-11/h2-8,13,18,24,27H,9-10H2,1H3,(H,25,29). The van der Waals surface area contributed by atoms with Gasteiger partial charge in [-0.2, -0.15) is 0 Å². The number of nitrogens with zero attached hydrogens (tertiary/aromatic N) is 2. The van der Waals surface area contributed by atoms with Gasteiger partial charge in [0, 0.05) is 12.6 Å². The minimum atomic E-state index is -1.10. The number of hydrogen-bond donors (Lipinski definition) is 3. The molecule has 172 valence electrons. The van der Waals surface area contributed by atoms with Crippen LogP contribution in [0.5, 0.6) is 0 Å². The maximum absolute atomic E-state index is 13.9. The largest absolute Gasteiger partial charge is 0.465 e. The number of amidine groups is 1. The number of hydrogen-bond acceptors (Lipinski definition) is 8. The molecular formula is C21H19F2N5O4S. The number of benzene rings is 2. The zero-order valence-corrected chi connectivity index (χ0v) is 18.1. The normalized spacial score (nSPS) is 19.7. The number of carbonyl (C=O) groups is 3. The smallest absolute Gasteiger partial charge is 0.339 e. The van der Waals surface area contributed by atoms with Crippen LogP contribution in [0.3, 0.4) is 0 Å². The van der Waals surface area contributed by atoms with Gasteiger partial charge in [-0.3, -0.25) is 19.9 Å². The molecule has 2 heterocycles. The van der Waals surface area contributed by atoms with Crippen molar-refractivity contribution in [2.75, 3.05) is 29.6 Å². The van der Waals surface area contributed by atoms with E-state index in [9.17, 15) is 23.2 Å². The molecule has 1 fully saturated rings. The number of anilines is 2. The van der Waals surface area contributed by atoms with Crippen molar-refractivity contribution < 1.29 is 27.9 Å². The number of amides is 2. The van der Waals surface area contributed by atoms with Crippen LogP contribution in [0.2, 0.25) is 0 Å². The highest BCUT2D eigenvalue weighted by Gasteiger charge is 2.42. The summed E-state index contributed by atoms with van der Waals surface area (Å²) in [6.07, 6.45) is -0.551. The fourth-order valence-electron chi connectivity index (χ4n) is 3.43. The molecule has 33 heavy (non-hydrogen) atoms. The summed E-state index contributed by atoms with van der Waals surface area (Å²) in [5.41, 5.74) is 6.31. The third-order valence-corrected chi connectivity index (χ3v) is 5.98. The average molecular weight is 475 g/mol. The molecule has 2 atom stereocenters. The van der Waals surface area contributed by atoms with Gasteiger partial charge < -0.3 is 10.1 Å². The maximum Gasteiger partial charge on any atom is 0.339 e. The van der Waals surface area contributed by atoms with Crippen molar-refractivity contribution in [2.45, 2.75) is 6.17 Å². The predicted octanol–water partition coefficient (Wildman–Crippen LogP) is 1.88. The molecule has 3 N–H and O–H groups in total. The molecule has 2 aromatic carbocycles. The first kappa shape index (κ1) is 22.8. The number of fused-ring (bicyclic) bond motifs is 1. The van der Waals surface area contributed by atoms with Gasteiger partial charge >= 0.3 is 5.97 Å². The van der Waals surface area contributed by atoms with Crippen molar-refractivity contribution in [3.63, 3.8) is 0 Å². The number of nitrogens with one attached hydrogen (secondary N) is 3. The number of thioether (sulfide) groups is 1. The summed E-state index contributed by atoms with van der Waals surface area (Å²) in [7, 11) is 1.24. The Bertz CT molecular complexity index is 1150. The third kappa shape index (κ3) is 4.72. The molecule has 2 unspecified atom stereocenters. The number of ether oxygens (including phenoxy) is 1. The number of esters is 1. The van der Waals surface area contributed by atoms with Crippen LogP contribution in [-0.4, -0.2) is 48.5 Å². The van der Waals surface area contributed by atoms with E-state index < -0.39 is 35.6 Å². The lowest BCUT2D eigenvalue weighted by Crippen LogP contribution is -2.49. The van der Waals surface area contributed by atoms with E-state index in [1.165, 1.54) is 24.1 Å². The van der Waals surface area contributed by atoms with Gasteiger partial charge in [-0.15, -0.1) is 0 Å². The van der Waals surface area contributed by atoms with Gasteiger partial charge in [0.1, 0.15) is 6.17 Å². The van der Waals surface area contributed by atoms with Crippen LogP contribution < -0.4 is 21.1 Å². The maximum atomic E-state index is 13.9. The highest BCUT2D eigenvalue weighted by Crippen LogP contribution is 2.30. The van der Waals surface area contributed by atoms with Gasteiger partial charge in [-0.05, 0) is 24.3 Å². The number of aliphatic imine (C=N–C) groups is 1. The lowest BCUT2D eigenvalue weighted by Gasteiger charge is -2.32. The number of carbonyl (C=O) groups excluding carboxylic acids is 3. The van der Waals surface area contributed by atoms with E-state index in [4.69, 9.17) is 4.74 Å². The Morgan fingerprint density at radius 3 is 2.79 bits per heavy atom. The first-order valence-electron chi connectivity index (χ1n) is 9.84. The lowest BCUT2D eigenvalue weighted by atomic mass is 10.0. The quantitative estimate of drug-likeness (QED) is 0.566. The molecule has 2 aliphatic heterocycles. The molecule has 12 heteroatoms. The van der Waals surface area contributed by atoms with Crippen molar-refractivity contribution in [3.05, 3.63) is 59.7 Å². The zero-order chi connectivity index (χ0) is 23.5. The highest BCUT2D eigenvalue weighted by molar-refractivity contribution is 8.14. The zero-order valence-electron chi connectivity index (χ0n) is 17.3. The molecule has 0 spiro atoms. The highest BCUT2D eigenvalue weighted by atomic mass is 32.2. The molecule has 2 aromatic rings. The molecule has 0 aliphatic carbocycles. The average Bonchev–Trinajstić information content (AvgIpc) is 3.29. The monoisotopic (exact) mass is 475 g/mol. The fourth-order valence-corrected chi connectivity index (χ4v) is 4.27. The molecule has 1 saturated heterocycles. The van der Waals surface area contributed by atoms with Gasteiger partial charge in [0.2, 0.25) is 11.8 Å². The van der Waals surface area contributed by atoms with Crippen LogP contribution in [-0.2, 0) is 14.3 Å². The van der Waals surface area contributed by atoms with Crippen molar-refractivity contribution in [1.29, 1.82) is 0 Å². The van der Waals surface area contributed by atoms with E-state index in [0.29, 0.717) is 6.54 Å². The van der Waals surface area contributed by atoms with Gasteiger partial charge in [0.15, 0.2) is 16.8 Å². The lowest BCUT2D eigenvalue weighted by molar-refractivity contribution is -0.121. The van der Waals surface area contributed by atoms with Crippen LogP contribution >= 0.6 is 11.8 Å². The van der Waals surface area contributed by atoms with Crippen LogP contribution in [0.1, 0.15) is 10.4 Å². The van der Waals surface area contributed by atoms with Crippen molar-refractivity contribution in [2.24, 2.45) is 10.9 Å². The Morgan fingerprint density at radius 2 is 2.03 bits per heavy atom. The number of methoxy groups -OCH3 is 1. The summed E-state index contributed by atoms with van der Waals surface area (Å²) in [4.78, 5) is 43.2. The number of hydrazine groups is 1. The molecule has 2 aliphatic rings. The first-order valence-corrected chi connectivity index (χ1v) is 10.8. The predicted molar refractivity (Wildman–Crippen MR) is 119 cm³/mol. The molecule has 2 amide bonds. The van der Waals surface area contributed by atoms with Gasteiger partial charge in [-0.1, -0.05) is 23.9 Å². The Labute approximate surface area is 191 Å². The molecule has 0 bridgehead atoms. The number of halogens is 2. The van der Waals surface area contributed by atoms with Gasteiger partial charge in [0.25, 0.3) is 0 Å². The fraction of sp³-hybridized carbons (Fsp3) is 0.238. The molecule has 0 saturated carbocycles. The molecule has 4 rings (SSSR count). The number of para-hydroxylation sites is 1. The molecule has 9 nitrogen and oxygen atoms in total. The summed E-state index contributed by atoms with van der Waals surface area (Å²) < 4.78 is 32.0. The summed E-state index contributed by atoms with van der Waals surface area (Å²) in [5.74, 6) is -4.27. The van der Waals surface area contributed by atoms with E-state index in [2.05, 4.69) is 21.2 Å². The third-order valence-electron chi connectivity index (χ3n) is 5.03. The Kier molecular flexibility index (Phi) is 6.67. The van der Waals surface area contributed by atoms with E-state index in [1.54, 1.807) is 18.2 Å². The SMILES string of the molecule is COC(=O)c1ccccc1NC(=O)CSC1=NC2NNCC2C(=O)N1c1ccc(F)c(F)c1. The minimum absolute atomic E-state index is 0.104. The summed E-state index contributed by atoms with van der Waals surface area (Å²) in [6, 6.07) is 9.47. The van der Waals surface area contributed by atoms with Crippen molar-refractivity contribution >= 4 is 46.1 Å². The minimum Gasteiger partial charge on any atom is -0.465 e. The topological polar surface area (TPSA) is 112 Å². The van der Waals surface area contributed by atoms with Crippen molar-refractivity contribution in [1.82, 2.24) is 10.9 Å². The van der Waals surface area contributed by atoms with E-state index >= 15 is 0 Å². The van der Waals surface area contributed by atoms with E-state index in [0.717, 1.165) is 23.9 Å². The van der Waals surface area contributed by atoms with Crippen LogP contribution in [0, 0.1) is 17.6 Å². The van der Waals surface area contributed by atoms with E-state index in [1.807, 2.05) is 0 Å².